The highest BCUT2D eigenvalue weighted by molar-refractivity contribution is 6.30. The fraction of sp³-hybridized carbons (Fsp3) is 0.250. The second-order valence-corrected chi connectivity index (χ2v) is 6.36. The molecule has 0 saturated carbocycles. The molecule has 0 aliphatic rings. The Bertz CT molecular complexity index is 835. The van der Waals surface area contributed by atoms with Crippen LogP contribution < -0.4 is 10.1 Å². The summed E-state index contributed by atoms with van der Waals surface area (Å²) in [4.78, 5) is 35.7. The number of esters is 1. The molecule has 0 aliphatic carbocycles. The van der Waals surface area contributed by atoms with Crippen LogP contribution in [-0.2, 0) is 14.3 Å². The zero-order chi connectivity index (χ0) is 20.0. The molecule has 1 amide bonds. The van der Waals surface area contributed by atoms with Crippen molar-refractivity contribution in [2.75, 3.05) is 5.32 Å². The number of rotatable bonds is 7. The van der Waals surface area contributed by atoms with E-state index in [0.29, 0.717) is 22.0 Å². The Kier molecular flexibility index (Phi) is 6.96. The van der Waals surface area contributed by atoms with Crippen molar-refractivity contribution in [1.82, 2.24) is 0 Å². The molecular weight excluding hydrogens is 370 g/mol. The van der Waals surface area contributed by atoms with Crippen molar-refractivity contribution in [3.63, 3.8) is 0 Å². The third-order valence-corrected chi connectivity index (χ3v) is 3.91. The molecule has 2 aromatic rings. The van der Waals surface area contributed by atoms with Crippen molar-refractivity contribution in [2.45, 2.75) is 33.0 Å². The standard InChI is InChI=1S/C20H20ClNO5/c1-12(23)15-5-4-6-17(11-15)22-19(24)13(2)27-20(25)14(3)26-18-9-7-16(21)8-10-18/h4-11,13-14H,1-3H3,(H,22,24)/t13-,14-/m1/s1. The second-order valence-electron chi connectivity index (χ2n) is 5.92. The number of hydrogen-bond donors (Lipinski definition) is 1. The van der Waals surface area contributed by atoms with Gasteiger partial charge in [0.05, 0.1) is 0 Å². The van der Waals surface area contributed by atoms with E-state index in [9.17, 15) is 14.4 Å². The third kappa shape index (κ3) is 6.11. The van der Waals surface area contributed by atoms with Crippen molar-refractivity contribution < 1.29 is 23.9 Å². The predicted octanol–water partition coefficient (Wildman–Crippen LogP) is 3.88. The van der Waals surface area contributed by atoms with Crippen LogP contribution >= 0.6 is 11.6 Å². The molecule has 0 aromatic heterocycles. The van der Waals surface area contributed by atoms with E-state index in [0.717, 1.165) is 0 Å². The van der Waals surface area contributed by atoms with Crippen LogP contribution in [0.1, 0.15) is 31.1 Å². The number of nitrogens with one attached hydrogen (secondary N) is 1. The van der Waals surface area contributed by atoms with Crippen molar-refractivity contribution in [1.29, 1.82) is 0 Å². The van der Waals surface area contributed by atoms with Gasteiger partial charge < -0.3 is 14.8 Å². The van der Waals surface area contributed by atoms with Gasteiger partial charge in [-0.25, -0.2) is 4.79 Å². The van der Waals surface area contributed by atoms with Gasteiger partial charge in [0.15, 0.2) is 18.0 Å². The van der Waals surface area contributed by atoms with Gasteiger partial charge in [-0.15, -0.1) is 0 Å². The van der Waals surface area contributed by atoms with E-state index >= 15 is 0 Å². The molecule has 0 saturated heterocycles. The van der Waals surface area contributed by atoms with E-state index in [2.05, 4.69) is 5.32 Å². The van der Waals surface area contributed by atoms with Crippen LogP contribution in [0.25, 0.3) is 0 Å². The SMILES string of the molecule is CC(=O)c1cccc(NC(=O)[C@@H](C)OC(=O)[C@@H](C)Oc2ccc(Cl)cc2)c1. The molecule has 0 fully saturated rings. The van der Waals surface area contributed by atoms with Gasteiger partial charge in [-0.2, -0.15) is 0 Å². The molecule has 1 N–H and O–H groups in total. The number of benzene rings is 2. The molecule has 0 radical (unpaired) electrons. The van der Waals surface area contributed by atoms with Crippen LogP contribution in [-0.4, -0.2) is 29.9 Å². The van der Waals surface area contributed by atoms with E-state index in [1.165, 1.54) is 20.8 Å². The minimum absolute atomic E-state index is 0.112. The lowest BCUT2D eigenvalue weighted by Crippen LogP contribution is -2.35. The number of ketones is 1. The quantitative estimate of drug-likeness (QED) is 0.574. The van der Waals surface area contributed by atoms with Gasteiger partial charge in [-0.05, 0) is 57.2 Å². The molecule has 0 bridgehead atoms. The van der Waals surface area contributed by atoms with Crippen LogP contribution in [0, 0.1) is 0 Å². The molecule has 0 aliphatic heterocycles. The summed E-state index contributed by atoms with van der Waals surface area (Å²) < 4.78 is 10.6. The fourth-order valence-corrected chi connectivity index (χ4v) is 2.27. The number of Topliss-reactive ketones (excluding diaryl/α,β-unsaturated/α-hetero) is 1. The maximum atomic E-state index is 12.2. The highest BCUT2D eigenvalue weighted by Gasteiger charge is 2.23. The van der Waals surface area contributed by atoms with Gasteiger partial charge >= 0.3 is 5.97 Å². The summed E-state index contributed by atoms with van der Waals surface area (Å²) in [6.45, 7) is 4.42. The summed E-state index contributed by atoms with van der Waals surface area (Å²) in [7, 11) is 0. The average Bonchev–Trinajstić information content (AvgIpc) is 2.63. The molecule has 2 atom stereocenters. The first-order chi connectivity index (χ1) is 12.8. The molecule has 0 unspecified atom stereocenters. The first-order valence-electron chi connectivity index (χ1n) is 8.31. The highest BCUT2D eigenvalue weighted by Crippen LogP contribution is 2.17. The Balaban J connectivity index is 1.90. The lowest BCUT2D eigenvalue weighted by Gasteiger charge is -2.18. The third-order valence-electron chi connectivity index (χ3n) is 3.66. The van der Waals surface area contributed by atoms with Crippen molar-refractivity contribution in [2.24, 2.45) is 0 Å². The molecule has 6 nitrogen and oxygen atoms in total. The zero-order valence-electron chi connectivity index (χ0n) is 15.2. The predicted molar refractivity (Wildman–Crippen MR) is 102 cm³/mol. The average molecular weight is 390 g/mol. The molecule has 0 spiro atoms. The molecule has 2 aromatic carbocycles. The Hall–Kier alpha value is -2.86. The summed E-state index contributed by atoms with van der Waals surface area (Å²) >= 11 is 5.80. The Labute approximate surface area is 162 Å². The number of anilines is 1. The Morgan fingerprint density at radius 3 is 2.30 bits per heavy atom. The van der Waals surface area contributed by atoms with Crippen LogP contribution in [0.5, 0.6) is 5.75 Å². The summed E-state index contributed by atoms with van der Waals surface area (Å²) in [5, 5.41) is 3.17. The lowest BCUT2D eigenvalue weighted by molar-refractivity contribution is -0.159. The largest absolute Gasteiger partial charge is 0.479 e. The number of ether oxygens (including phenoxy) is 2. The molecule has 7 heteroatoms. The minimum atomic E-state index is -1.03. The molecule has 0 heterocycles. The second kappa shape index (κ2) is 9.19. The van der Waals surface area contributed by atoms with Crippen molar-refractivity contribution in [3.8, 4) is 5.75 Å². The molecule has 27 heavy (non-hydrogen) atoms. The number of halogens is 1. The van der Waals surface area contributed by atoms with Crippen LogP contribution in [0.15, 0.2) is 48.5 Å². The molecular formula is C20H20ClNO5. The van der Waals surface area contributed by atoms with Crippen molar-refractivity contribution in [3.05, 3.63) is 59.1 Å². The number of carbonyl (C=O) groups is 3. The zero-order valence-corrected chi connectivity index (χ0v) is 15.9. The molecule has 2 rings (SSSR count). The first-order valence-corrected chi connectivity index (χ1v) is 8.68. The van der Waals surface area contributed by atoms with E-state index in [4.69, 9.17) is 21.1 Å². The van der Waals surface area contributed by atoms with E-state index in [1.54, 1.807) is 48.5 Å². The number of hydrogen-bond acceptors (Lipinski definition) is 5. The van der Waals surface area contributed by atoms with E-state index in [-0.39, 0.29) is 5.78 Å². The smallest absolute Gasteiger partial charge is 0.347 e. The van der Waals surface area contributed by atoms with Gasteiger partial charge in [0, 0.05) is 16.3 Å². The highest BCUT2D eigenvalue weighted by atomic mass is 35.5. The summed E-state index contributed by atoms with van der Waals surface area (Å²) in [5.74, 6) is -0.839. The maximum Gasteiger partial charge on any atom is 0.347 e. The van der Waals surface area contributed by atoms with Crippen LogP contribution in [0.3, 0.4) is 0 Å². The number of carbonyl (C=O) groups excluding carboxylic acids is 3. The normalized spacial score (nSPS) is 12.6. The molecule has 142 valence electrons. The topological polar surface area (TPSA) is 81.7 Å². The van der Waals surface area contributed by atoms with Gasteiger partial charge in [-0.3, -0.25) is 9.59 Å². The van der Waals surface area contributed by atoms with Gasteiger partial charge in [0.25, 0.3) is 5.91 Å². The maximum absolute atomic E-state index is 12.2. The monoisotopic (exact) mass is 389 g/mol. The lowest BCUT2D eigenvalue weighted by atomic mass is 10.1. The van der Waals surface area contributed by atoms with Crippen LogP contribution in [0.4, 0.5) is 5.69 Å². The minimum Gasteiger partial charge on any atom is -0.479 e. The van der Waals surface area contributed by atoms with Gasteiger partial charge in [0.2, 0.25) is 0 Å². The van der Waals surface area contributed by atoms with Gasteiger partial charge in [0.1, 0.15) is 5.75 Å². The van der Waals surface area contributed by atoms with Gasteiger partial charge in [-0.1, -0.05) is 23.7 Å². The van der Waals surface area contributed by atoms with Crippen molar-refractivity contribution >= 4 is 34.9 Å². The Morgan fingerprint density at radius 2 is 1.67 bits per heavy atom. The van der Waals surface area contributed by atoms with E-state index < -0.39 is 24.1 Å². The summed E-state index contributed by atoms with van der Waals surface area (Å²) in [5.41, 5.74) is 0.920. The summed E-state index contributed by atoms with van der Waals surface area (Å²) in [6.07, 6.45) is -1.93. The fourth-order valence-electron chi connectivity index (χ4n) is 2.15. The first kappa shape index (κ1) is 20.5. The summed E-state index contributed by atoms with van der Waals surface area (Å²) in [6, 6.07) is 13.0. The van der Waals surface area contributed by atoms with E-state index in [1.807, 2.05) is 0 Å². The number of amides is 1. The van der Waals surface area contributed by atoms with Crippen LogP contribution in [0.2, 0.25) is 5.02 Å². The Morgan fingerprint density at radius 1 is 1.00 bits per heavy atom.